The van der Waals surface area contributed by atoms with Crippen LogP contribution < -0.4 is 4.74 Å². The van der Waals surface area contributed by atoms with Crippen molar-refractivity contribution in [3.8, 4) is 5.75 Å². The number of unbranched alkanes of at least 4 members (excludes halogenated alkanes) is 2. The molecule has 0 saturated carbocycles. The van der Waals surface area contributed by atoms with E-state index in [-0.39, 0.29) is 11.3 Å². The van der Waals surface area contributed by atoms with Crippen molar-refractivity contribution in [3.05, 3.63) is 70.8 Å². The van der Waals surface area contributed by atoms with E-state index < -0.39 is 17.7 Å². The molecule has 1 aliphatic heterocycles. The van der Waals surface area contributed by atoms with E-state index in [0.29, 0.717) is 17.9 Å². The Labute approximate surface area is 171 Å². The number of aryl methyl sites for hydroxylation is 1. The summed E-state index contributed by atoms with van der Waals surface area (Å²) >= 11 is 0. The second-order valence-corrected chi connectivity index (χ2v) is 7.29. The van der Waals surface area contributed by atoms with E-state index in [9.17, 15) is 14.7 Å². The van der Waals surface area contributed by atoms with E-state index in [2.05, 4.69) is 6.92 Å². The fraction of sp³-hybridized carbons (Fsp3) is 0.333. The summed E-state index contributed by atoms with van der Waals surface area (Å²) in [6.45, 7) is 4.52. The van der Waals surface area contributed by atoms with Crippen LogP contribution in [0.5, 0.6) is 5.75 Å². The molecule has 1 aliphatic rings. The maximum Gasteiger partial charge on any atom is 0.295 e. The molecule has 1 heterocycles. The van der Waals surface area contributed by atoms with Crippen LogP contribution in [-0.2, 0) is 9.59 Å². The lowest BCUT2D eigenvalue weighted by Gasteiger charge is -2.26. The normalized spacial score (nSPS) is 18.3. The average molecular weight is 393 g/mol. The number of aliphatic hydroxyl groups excluding tert-OH is 1. The van der Waals surface area contributed by atoms with Crippen LogP contribution in [0, 0.1) is 6.92 Å². The molecule has 5 heteroatoms. The quantitative estimate of drug-likeness (QED) is 0.323. The number of nitrogens with zero attached hydrogens (tertiary/aromatic N) is 1. The topological polar surface area (TPSA) is 66.8 Å². The van der Waals surface area contributed by atoms with Gasteiger partial charge in [0.25, 0.3) is 11.7 Å². The number of carbonyl (C=O) groups excluding carboxylic acids is 2. The summed E-state index contributed by atoms with van der Waals surface area (Å²) in [7, 11) is 1.54. The Hall–Kier alpha value is -3.08. The largest absolute Gasteiger partial charge is 0.507 e. The first-order chi connectivity index (χ1) is 14.0. The minimum absolute atomic E-state index is 0.133. The molecule has 0 spiro atoms. The van der Waals surface area contributed by atoms with E-state index in [4.69, 9.17) is 4.74 Å². The molecule has 1 amide bonds. The molecule has 1 fully saturated rings. The summed E-state index contributed by atoms with van der Waals surface area (Å²) in [6, 6.07) is 14.0. The molecule has 1 saturated heterocycles. The lowest BCUT2D eigenvalue weighted by atomic mass is 9.92. The third-order valence-corrected chi connectivity index (χ3v) is 5.37. The first kappa shape index (κ1) is 20.6. The van der Waals surface area contributed by atoms with Gasteiger partial charge in [0.1, 0.15) is 11.5 Å². The Morgan fingerprint density at radius 1 is 1.10 bits per heavy atom. The summed E-state index contributed by atoms with van der Waals surface area (Å²) in [5.41, 5.74) is 2.41. The van der Waals surface area contributed by atoms with Crippen LogP contribution >= 0.6 is 0 Å². The molecule has 2 aromatic rings. The fourth-order valence-corrected chi connectivity index (χ4v) is 3.79. The number of ketones is 1. The molecule has 1 atom stereocenters. The molecule has 1 N–H and O–H groups in total. The van der Waals surface area contributed by atoms with Crippen LogP contribution in [0.1, 0.15) is 48.9 Å². The van der Waals surface area contributed by atoms with Crippen molar-refractivity contribution >= 4 is 17.4 Å². The monoisotopic (exact) mass is 393 g/mol. The summed E-state index contributed by atoms with van der Waals surface area (Å²) in [6.07, 6.45) is 2.80. The molecule has 3 rings (SSSR count). The number of hydrogen-bond acceptors (Lipinski definition) is 4. The number of amides is 1. The van der Waals surface area contributed by atoms with Crippen molar-refractivity contribution in [3.63, 3.8) is 0 Å². The summed E-state index contributed by atoms with van der Waals surface area (Å²) < 4.78 is 5.24. The maximum atomic E-state index is 13.0. The van der Waals surface area contributed by atoms with Gasteiger partial charge >= 0.3 is 0 Å². The Bertz CT molecular complexity index is 947. The molecular weight excluding hydrogens is 366 g/mol. The average Bonchev–Trinajstić information content (AvgIpc) is 2.98. The van der Waals surface area contributed by atoms with Crippen LogP contribution in [0.2, 0.25) is 0 Å². The van der Waals surface area contributed by atoms with Crippen LogP contribution in [0.4, 0.5) is 0 Å². The van der Waals surface area contributed by atoms with Gasteiger partial charge in [0.05, 0.1) is 18.7 Å². The van der Waals surface area contributed by atoms with E-state index >= 15 is 0 Å². The van der Waals surface area contributed by atoms with Gasteiger partial charge in [0.2, 0.25) is 0 Å². The van der Waals surface area contributed by atoms with Crippen molar-refractivity contribution in [1.82, 2.24) is 4.90 Å². The van der Waals surface area contributed by atoms with Crippen molar-refractivity contribution < 1.29 is 19.4 Å². The number of ether oxygens (including phenoxy) is 1. The fourth-order valence-electron chi connectivity index (χ4n) is 3.79. The minimum atomic E-state index is -0.643. The lowest BCUT2D eigenvalue weighted by Crippen LogP contribution is -2.31. The number of hydrogen-bond donors (Lipinski definition) is 1. The molecular formula is C24H27NO4. The molecule has 0 aromatic heterocycles. The van der Waals surface area contributed by atoms with Crippen LogP contribution in [0.3, 0.4) is 0 Å². The van der Waals surface area contributed by atoms with Gasteiger partial charge in [-0.05, 0) is 36.6 Å². The number of likely N-dealkylation sites (tertiary alicyclic amines) is 1. The second kappa shape index (κ2) is 8.95. The minimum Gasteiger partial charge on any atom is -0.507 e. The number of carbonyl (C=O) groups is 2. The van der Waals surface area contributed by atoms with E-state index in [0.717, 1.165) is 30.4 Å². The summed E-state index contributed by atoms with van der Waals surface area (Å²) in [4.78, 5) is 27.4. The van der Waals surface area contributed by atoms with Gasteiger partial charge in [0, 0.05) is 12.1 Å². The second-order valence-electron chi connectivity index (χ2n) is 7.29. The van der Waals surface area contributed by atoms with Crippen LogP contribution in [0.15, 0.2) is 54.1 Å². The number of rotatable bonds is 7. The lowest BCUT2D eigenvalue weighted by molar-refractivity contribution is -0.139. The van der Waals surface area contributed by atoms with Crippen LogP contribution in [-0.4, -0.2) is 35.4 Å². The molecule has 0 radical (unpaired) electrons. The number of aliphatic hydroxyl groups is 1. The van der Waals surface area contributed by atoms with Crippen molar-refractivity contribution in [2.45, 2.75) is 39.2 Å². The SMILES string of the molecule is CCCCCN1C(=O)C(=O)/C(=C(/O)c2cccc(OC)c2)C1c1ccccc1C. The number of benzene rings is 2. The number of methoxy groups -OCH3 is 1. The Balaban J connectivity index is 2.15. The number of Topliss-reactive ketones (excluding diaryl/α,β-unsaturated/α-hetero) is 1. The van der Waals surface area contributed by atoms with E-state index in [1.807, 2.05) is 31.2 Å². The van der Waals surface area contributed by atoms with Gasteiger partial charge in [-0.25, -0.2) is 0 Å². The standard InChI is InChI=1S/C24H27NO4/c1-4-5-8-14-25-21(19-13-7-6-10-16(19)2)20(23(27)24(25)28)22(26)17-11-9-12-18(15-17)29-3/h6-7,9-13,15,21,26H,4-5,8,14H2,1-3H3/b22-20+. The van der Waals surface area contributed by atoms with Gasteiger partial charge < -0.3 is 14.7 Å². The highest BCUT2D eigenvalue weighted by Gasteiger charge is 2.46. The highest BCUT2D eigenvalue weighted by Crippen LogP contribution is 2.40. The molecule has 0 bridgehead atoms. The first-order valence-electron chi connectivity index (χ1n) is 9.98. The molecule has 2 aromatic carbocycles. The third kappa shape index (κ3) is 4.04. The van der Waals surface area contributed by atoms with Gasteiger partial charge in [0.15, 0.2) is 0 Å². The zero-order chi connectivity index (χ0) is 21.0. The Morgan fingerprint density at radius 2 is 1.86 bits per heavy atom. The predicted octanol–water partition coefficient (Wildman–Crippen LogP) is 4.62. The Morgan fingerprint density at radius 3 is 2.55 bits per heavy atom. The molecule has 5 nitrogen and oxygen atoms in total. The molecule has 29 heavy (non-hydrogen) atoms. The molecule has 152 valence electrons. The first-order valence-corrected chi connectivity index (χ1v) is 9.98. The Kier molecular flexibility index (Phi) is 6.37. The maximum absolute atomic E-state index is 13.0. The third-order valence-electron chi connectivity index (χ3n) is 5.37. The van der Waals surface area contributed by atoms with Gasteiger partial charge in [-0.15, -0.1) is 0 Å². The van der Waals surface area contributed by atoms with Crippen molar-refractivity contribution in [2.75, 3.05) is 13.7 Å². The van der Waals surface area contributed by atoms with Crippen molar-refractivity contribution in [2.24, 2.45) is 0 Å². The molecule has 0 aliphatic carbocycles. The highest BCUT2D eigenvalue weighted by atomic mass is 16.5. The highest BCUT2D eigenvalue weighted by molar-refractivity contribution is 6.46. The summed E-state index contributed by atoms with van der Waals surface area (Å²) in [5.74, 6) is -0.805. The zero-order valence-electron chi connectivity index (χ0n) is 17.1. The van der Waals surface area contributed by atoms with Gasteiger partial charge in [-0.3, -0.25) is 9.59 Å². The van der Waals surface area contributed by atoms with E-state index in [1.165, 1.54) is 0 Å². The smallest absolute Gasteiger partial charge is 0.295 e. The van der Waals surface area contributed by atoms with Crippen LogP contribution in [0.25, 0.3) is 5.76 Å². The summed E-state index contributed by atoms with van der Waals surface area (Å²) in [5, 5.41) is 11.1. The predicted molar refractivity (Wildman–Crippen MR) is 113 cm³/mol. The zero-order valence-corrected chi connectivity index (χ0v) is 17.1. The van der Waals surface area contributed by atoms with Crippen molar-refractivity contribution in [1.29, 1.82) is 0 Å². The van der Waals surface area contributed by atoms with Gasteiger partial charge in [-0.1, -0.05) is 56.2 Å². The molecule has 1 unspecified atom stereocenters. The van der Waals surface area contributed by atoms with E-state index in [1.54, 1.807) is 36.3 Å². The van der Waals surface area contributed by atoms with Gasteiger partial charge in [-0.2, -0.15) is 0 Å².